The van der Waals surface area contributed by atoms with Gasteiger partial charge in [-0.05, 0) is 64.5 Å². The molecule has 1 aromatic heterocycles. The van der Waals surface area contributed by atoms with E-state index in [1.54, 1.807) is 54.7 Å². The van der Waals surface area contributed by atoms with Crippen LogP contribution in [0.15, 0.2) is 71.3 Å². The van der Waals surface area contributed by atoms with Gasteiger partial charge in [0.05, 0.1) is 24.5 Å². The smallest absolute Gasteiger partial charge is 0.258 e. The highest BCUT2D eigenvalue weighted by Crippen LogP contribution is 2.20. The van der Waals surface area contributed by atoms with Crippen molar-refractivity contribution in [2.75, 3.05) is 41.8 Å². The molecule has 0 spiro atoms. The van der Waals surface area contributed by atoms with Crippen LogP contribution in [0.3, 0.4) is 0 Å². The Morgan fingerprint density at radius 1 is 0.903 bits per heavy atom. The summed E-state index contributed by atoms with van der Waals surface area (Å²) in [7, 11) is 0. The first kappa shape index (κ1) is 21.0. The molecule has 7 nitrogen and oxygen atoms in total. The maximum absolute atomic E-state index is 12.8. The van der Waals surface area contributed by atoms with Crippen molar-refractivity contribution < 1.29 is 14.3 Å². The summed E-state index contributed by atoms with van der Waals surface area (Å²) in [5.41, 5.74) is 2.35. The van der Waals surface area contributed by atoms with Gasteiger partial charge in [-0.3, -0.25) is 9.59 Å². The average molecular weight is 481 g/mol. The van der Waals surface area contributed by atoms with Crippen molar-refractivity contribution in [3.05, 3.63) is 82.5 Å². The Balaban J connectivity index is 1.46. The van der Waals surface area contributed by atoms with Gasteiger partial charge in [0.2, 0.25) is 0 Å². The van der Waals surface area contributed by atoms with E-state index >= 15 is 0 Å². The molecule has 1 saturated heterocycles. The van der Waals surface area contributed by atoms with Crippen molar-refractivity contribution in [1.82, 2.24) is 4.98 Å². The van der Waals surface area contributed by atoms with Crippen molar-refractivity contribution in [1.29, 1.82) is 0 Å². The molecule has 4 rings (SSSR count). The zero-order valence-corrected chi connectivity index (χ0v) is 18.3. The molecule has 8 heteroatoms. The number of rotatable bonds is 5. The molecule has 31 heavy (non-hydrogen) atoms. The molecule has 0 bridgehead atoms. The summed E-state index contributed by atoms with van der Waals surface area (Å²) >= 11 is 3.31. The number of hydrogen-bond donors (Lipinski definition) is 2. The molecule has 3 aromatic rings. The highest BCUT2D eigenvalue weighted by atomic mass is 79.9. The summed E-state index contributed by atoms with van der Waals surface area (Å²) in [6.07, 6.45) is 1.60. The molecule has 2 N–H and O–H groups in total. The Labute approximate surface area is 188 Å². The van der Waals surface area contributed by atoms with E-state index in [2.05, 4.69) is 36.4 Å². The molecule has 0 aliphatic carbocycles. The Bertz CT molecular complexity index is 1060. The monoisotopic (exact) mass is 480 g/mol. The molecule has 2 aromatic carbocycles. The SMILES string of the molecule is O=C(Nc1ccccc1C(=O)Nc1ccc(Br)cn1)c1ccc(N2CCOCC2)cc1. The maximum Gasteiger partial charge on any atom is 0.258 e. The van der Waals surface area contributed by atoms with Gasteiger partial charge in [-0.2, -0.15) is 0 Å². The fourth-order valence-electron chi connectivity index (χ4n) is 3.26. The van der Waals surface area contributed by atoms with Crippen LogP contribution in [0.1, 0.15) is 20.7 Å². The normalized spacial score (nSPS) is 13.5. The molecule has 0 saturated carbocycles. The lowest BCUT2D eigenvalue weighted by atomic mass is 10.1. The Morgan fingerprint density at radius 2 is 1.65 bits per heavy atom. The van der Waals surface area contributed by atoms with Crippen LogP contribution in [0.5, 0.6) is 0 Å². The van der Waals surface area contributed by atoms with Crippen molar-refractivity contribution in [3.63, 3.8) is 0 Å². The molecule has 0 atom stereocenters. The molecule has 2 heterocycles. The summed E-state index contributed by atoms with van der Waals surface area (Å²) in [4.78, 5) is 31.9. The van der Waals surface area contributed by atoms with Crippen LogP contribution < -0.4 is 15.5 Å². The van der Waals surface area contributed by atoms with Crippen LogP contribution in [0, 0.1) is 0 Å². The number of carbonyl (C=O) groups excluding carboxylic acids is 2. The third kappa shape index (κ3) is 5.28. The van der Waals surface area contributed by atoms with E-state index < -0.39 is 0 Å². The minimum absolute atomic E-state index is 0.282. The highest BCUT2D eigenvalue weighted by molar-refractivity contribution is 9.10. The number of para-hydroxylation sites is 1. The van der Waals surface area contributed by atoms with Crippen LogP contribution in [0.4, 0.5) is 17.2 Å². The van der Waals surface area contributed by atoms with Gasteiger partial charge in [-0.1, -0.05) is 12.1 Å². The second-order valence-corrected chi connectivity index (χ2v) is 7.88. The van der Waals surface area contributed by atoms with Gasteiger partial charge < -0.3 is 20.3 Å². The number of ether oxygens (including phenoxy) is 1. The van der Waals surface area contributed by atoms with E-state index in [-0.39, 0.29) is 11.8 Å². The molecule has 1 aliphatic rings. The van der Waals surface area contributed by atoms with Crippen LogP contribution in [0.2, 0.25) is 0 Å². The lowest BCUT2D eigenvalue weighted by Crippen LogP contribution is -2.36. The predicted octanol–water partition coefficient (Wildman–Crippen LogP) is 4.19. The summed E-state index contributed by atoms with van der Waals surface area (Å²) in [5, 5.41) is 5.59. The lowest BCUT2D eigenvalue weighted by Gasteiger charge is -2.28. The minimum atomic E-state index is -0.353. The number of carbonyl (C=O) groups is 2. The number of pyridine rings is 1. The zero-order valence-electron chi connectivity index (χ0n) is 16.7. The molecule has 1 aliphatic heterocycles. The lowest BCUT2D eigenvalue weighted by molar-refractivity contribution is 0.102. The quantitative estimate of drug-likeness (QED) is 0.571. The Morgan fingerprint density at radius 3 is 2.35 bits per heavy atom. The van der Waals surface area contributed by atoms with Gasteiger partial charge in [-0.15, -0.1) is 0 Å². The summed E-state index contributed by atoms with van der Waals surface area (Å²) in [6, 6.07) is 17.8. The number of nitrogens with one attached hydrogen (secondary N) is 2. The standard InChI is InChI=1S/C23H21BrN4O3/c24-17-7-10-21(25-15-17)27-23(30)19-3-1-2-4-20(19)26-22(29)16-5-8-18(9-6-16)28-11-13-31-14-12-28/h1-10,15H,11-14H2,(H,26,29)(H,25,27,30). The zero-order chi connectivity index (χ0) is 21.6. The van der Waals surface area contributed by atoms with E-state index in [1.165, 1.54) is 0 Å². The second kappa shape index (κ2) is 9.72. The third-order valence-electron chi connectivity index (χ3n) is 4.89. The number of hydrogen-bond acceptors (Lipinski definition) is 5. The first-order valence-corrected chi connectivity index (χ1v) is 10.7. The average Bonchev–Trinajstić information content (AvgIpc) is 2.81. The Hall–Kier alpha value is -3.23. The fourth-order valence-corrected chi connectivity index (χ4v) is 3.50. The predicted molar refractivity (Wildman–Crippen MR) is 124 cm³/mol. The van der Waals surface area contributed by atoms with Gasteiger partial charge in [0.1, 0.15) is 5.82 Å². The third-order valence-corrected chi connectivity index (χ3v) is 5.36. The van der Waals surface area contributed by atoms with E-state index in [0.717, 1.165) is 23.2 Å². The van der Waals surface area contributed by atoms with Crippen molar-refractivity contribution in [2.24, 2.45) is 0 Å². The first-order valence-electron chi connectivity index (χ1n) is 9.86. The van der Waals surface area contributed by atoms with Crippen LogP contribution in [0.25, 0.3) is 0 Å². The van der Waals surface area contributed by atoms with Crippen LogP contribution >= 0.6 is 15.9 Å². The van der Waals surface area contributed by atoms with Crippen molar-refractivity contribution in [3.8, 4) is 0 Å². The molecule has 1 fully saturated rings. The summed E-state index contributed by atoms with van der Waals surface area (Å²) in [6.45, 7) is 3.08. The van der Waals surface area contributed by atoms with Crippen LogP contribution in [-0.4, -0.2) is 43.1 Å². The largest absolute Gasteiger partial charge is 0.378 e. The summed E-state index contributed by atoms with van der Waals surface area (Å²) in [5.74, 6) is -0.211. The van der Waals surface area contributed by atoms with Gasteiger partial charge in [0.25, 0.3) is 11.8 Å². The minimum Gasteiger partial charge on any atom is -0.378 e. The second-order valence-electron chi connectivity index (χ2n) is 6.96. The van der Waals surface area contributed by atoms with Gasteiger partial charge in [-0.25, -0.2) is 4.98 Å². The van der Waals surface area contributed by atoms with Gasteiger partial charge in [0.15, 0.2) is 0 Å². The number of amides is 2. The molecule has 0 radical (unpaired) electrons. The number of halogens is 1. The molecule has 2 amide bonds. The molecule has 158 valence electrons. The van der Waals surface area contributed by atoms with Gasteiger partial charge in [0, 0.05) is 35.0 Å². The van der Waals surface area contributed by atoms with Crippen LogP contribution in [-0.2, 0) is 4.74 Å². The van der Waals surface area contributed by atoms with Gasteiger partial charge >= 0.3 is 0 Å². The topological polar surface area (TPSA) is 83.6 Å². The van der Waals surface area contributed by atoms with E-state index in [4.69, 9.17) is 4.74 Å². The van der Waals surface area contributed by atoms with E-state index in [1.807, 2.05) is 12.1 Å². The number of nitrogens with zero attached hydrogens (tertiary/aromatic N) is 2. The number of anilines is 3. The highest BCUT2D eigenvalue weighted by Gasteiger charge is 2.16. The van der Waals surface area contributed by atoms with Crippen molar-refractivity contribution in [2.45, 2.75) is 0 Å². The number of benzene rings is 2. The molecule has 0 unspecified atom stereocenters. The summed E-state index contributed by atoms with van der Waals surface area (Å²) < 4.78 is 6.20. The van der Waals surface area contributed by atoms with Crippen molar-refractivity contribution >= 4 is 44.9 Å². The first-order chi connectivity index (χ1) is 15.1. The number of morpholine rings is 1. The maximum atomic E-state index is 12.8. The molecular formula is C23H21BrN4O3. The molecular weight excluding hydrogens is 460 g/mol. The fraction of sp³-hybridized carbons (Fsp3) is 0.174. The van der Waals surface area contributed by atoms with E-state index in [9.17, 15) is 9.59 Å². The Kier molecular flexibility index (Phi) is 6.59. The number of aromatic nitrogens is 1. The van der Waals surface area contributed by atoms with E-state index in [0.29, 0.717) is 35.8 Å².